The molecule has 1 saturated carbocycles. The summed E-state index contributed by atoms with van der Waals surface area (Å²) in [5.74, 6) is 0.836. The van der Waals surface area contributed by atoms with Crippen molar-refractivity contribution in [1.29, 1.82) is 0 Å². The quantitative estimate of drug-likeness (QED) is 0.562. The van der Waals surface area contributed by atoms with Crippen LogP contribution in [0.3, 0.4) is 0 Å². The number of morpholine rings is 1. The highest BCUT2D eigenvalue weighted by molar-refractivity contribution is 6.31. The number of carbonyl (C=O) groups excluding carboxylic acids is 1. The second-order valence-corrected chi connectivity index (χ2v) is 8.94. The summed E-state index contributed by atoms with van der Waals surface area (Å²) in [7, 11) is 0. The van der Waals surface area contributed by atoms with Crippen LogP contribution in [0.4, 0.5) is 21.8 Å². The van der Waals surface area contributed by atoms with Crippen molar-refractivity contribution in [2.45, 2.75) is 31.7 Å². The summed E-state index contributed by atoms with van der Waals surface area (Å²) in [6.07, 6.45) is 6.52. The molecule has 178 valence electrons. The van der Waals surface area contributed by atoms with Gasteiger partial charge in [-0.3, -0.25) is 4.79 Å². The number of amides is 1. The third-order valence-corrected chi connectivity index (χ3v) is 6.60. The summed E-state index contributed by atoms with van der Waals surface area (Å²) in [5, 5.41) is 7.15. The number of benzene rings is 1. The van der Waals surface area contributed by atoms with Crippen LogP contribution in [-0.2, 0) is 9.53 Å². The van der Waals surface area contributed by atoms with Crippen molar-refractivity contribution in [3.05, 3.63) is 41.6 Å². The molecule has 2 aliphatic rings. The number of nitrogens with zero attached hydrogens (tertiary/aromatic N) is 5. The first kappa shape index (κ1) is 22.7. The molecule has 2 N–H and O–H groups in total. The summed E-state index contributed by atoms with van der Waals surface area (Å²) in [6, 6.07) is 4.55. The van der Waals surface area contributed by atoms with Crippen molar-refractivity contribution in [3.8, 4) is 0 Å². The van der Waals surface area contributed by atoms with E-state index in [1.165, 1.54) is 18.5 Å². The molecule has 1 aliphatic carbocycles. The summed E-state index contributed by atoms with van der Waals surface area (Å²) < 4.78 is 18.8. The van der Waals surface area contributed by atoms with Gasteiger partial charge in [-0.1, -0.05) is 11.6 Å². The number of ether oxygens (including phenoxy) is 1. The monoisotopic (exact) mass is 485 g/mol. The Morgan fingerprint density at radius 1 is 1.12 bits per heavy atom. The van der Waals surface area contributed by atoms with Gasteiger partial charge in [0.15, 0.2) is 5.65 Å². The maximum Gasteiger partial charge on any atom is 0.225 e. The molecule has 2 fully saturated rings. The van der Waals surface area contributed by atoms with Gasteiger partial charge in [0.1, 0.15) is 18.0 Å². The minimum Gasteiger partial charge on any atom is -0.378 e. The molecule has 9 nitrogen and oxygen atoms in total. The Morgan fingerprint density at radius 2 is 1.91 bits per heavy atom. The van der Waals surface area contributed by atoms with E-state index in [9.17, 15) is 9.18 Å². The Balaban J connectivity index is 1.22. The van der Waals surface area contributed by atoms with Crippen molar-refractivity contribution < 1.29 is 13.9 Å². The van der Waals surface area contributed by atoms with Gasteiger partial charge in [0, 0.05) is 36.9 Å². The lowest BCUT2D eigenvalue weighted by Crippen LogP contribution is -2.45. The van der Waals surface area contributed by atoms with Gasteiger partial charge in [-0.05, 0) is 43.9 Å². The molecule has 0 unspecified atom stereocenters. The zero-order valence-electron chi connectivity index (χ0n) is 18.5. The largest absolute Gasteiger partial charge is 0.378 e. The predicted octanol–water partition coefficient (Wildman–Crippen LogP) is 3.79. The summed E-state index contributed by atoms with van der Waals surface area (Å²) in [6.45, 7) is 2.63. The lowest BCUT2D eigenvalue weighted by molar-refractivity contribution is -0.140. The van der Waals surface area contributed by atoms with Gasteiger partial charge in [-0.15, -0.1) is 0 Å². The lowest BCUT2D eigenvalue weighted by atomic mass is 9.85. The maximum absolute atomic E-state index is 13.4. The van der Waals surface area contributed by atoms with Gasteiger partial charge >= 0.3 is 0 Å². The van der Waals surface area contributed by atoms with Gasteiger partial charge < -0.3 is 20.3 Å². The fourth-order valence-electron chi connectivity index (χ4n) is 4.44. The number of halogens is 2. The van der Waals surface area contributed by atoms with Crippen LogP contribution in [0.15, 0.2) is 30.7 Å². The van der Waals surface area contributed by atoms with E-state index < -0.39 is 5.82 Å². The fourth-order valence-corrected chi connectivity index (χ4v) is 4.62. The summed E-state index contributed by atoms with van der Waals surface area (Å²) >= 11 is 5.87. The van der Waals surface area contributed by atoms with Crippen LogP contribution < -0.4 is 10.6 Å². The Kier molecular flexibility index (Phi) is 6.68. The topological polar surface area (TPSA) is 105 Å². The fraction of sp³-hybridized carbons (Fsp3) is 0.435. The number of carbonyl (C=O) groups is 1. The zero-order chi connectivity index (χ0) is 23.5. The Hall–Kier alpha value is -3.11. The van der Waals surface area contributed by atoms with Crippen molar-refractivity contribution >= 4 is 46.0 Å². The van der Waals surface area contributed by atoms with Crippen molar-refractivity contribution in [2.24, 2.45) is 5.92 Å². The predicted molar refractivity (Wildman–Crippen MR) is 127 cm³/mol. The maximum atomic E-state index is 13.4. The number of hydrogen-bond acceptors (Lipinski definition) is 8. The van der Waals surface area contributed by atoms with Crippen molar-refractivity contribution in [2.75, 3.05) is 36.9 Å². The van der Waals surface area contributed by atoms with E-state index in [2.05, 4.69) is 30.6 Å². The standard InChI is InChI=1S/C23H25ClFN7O2/c24-18-11-16(5-6-19(18)25)29-20-17-12-26-23(31-21(17)28-13-27-20)30-15-3-1-14(2-4-15)22(33)32-7-9-34-10-8-32/h5-6,11-15H,1-4,7-10H2,(H2,26,27,28,29,30,31). The molecule has 3 heterocycles. The van der Waals surface area contributed by atoms with Crippen LogP contribution in [-0.4, -0.2) is 63.1 Å². The SMILES string of the molecule is O=C(C1CCC(Nc2ncc3c(Nc4ccc(F)c(Cl)c4)ncnc3n2)CC1)N1CCOCC1. The molecular formula is C23H25ClFN7O2. The lowest BCUT2D eigenvalue weighted by Gasteiger charge is -2.34. The first-order valence-electron chi connectivity index (χ1n) is 11.4. The smallest absolute Gasteiger partial charge is 0.225 e. The van der Waals surface area contributed by atoms with Gasteiger partial charge in [0.25, 0.3) is 0 Å². The van der Waals surface area contributed by atoms with E-state index in [0.29, 0.717) is 54.8 Å². The number of anilines is 3. The van der Waals surface area contributed by atoms with Crippen molar-refractivity contribution in [1.82, 2.24) is 24.8 Å². The Labute approximate surface area is 201 Å². The molecule has 0 bridgehead atoms. The molecule has 1 aliphatic heterocycles. The van der Waals surface area contributed by atoms with Gasteiger partial charge in [-0.2, -0.15) is 4.98 Å². The average molecular weight is 486 g/mol. The Morgan fingerprint density at radius 3 is 2.68 bits per heavy atom. The molecule has 3 aromatic rings. The molecule has 0 radical (unpaired) electrons. The number of aromatic nitrogens is 4. The second-order valence-electron chi connectivity index (χ2n) is 8.54. The molecular weight excluding hydrogens is 461 g/mol. The van der Waals surface area contributed by atoms with Gasteiger partial charge in [-0.25, -0.2) is 19.3 Å². The minimum atomic E-state index is -0.488. The summed E-state index contributed by atoms with van der Waals surface area (Å²) in [4.78, 5) is 32.2. The van der Waals surface area contributed by atoms with E-state index in [4.69, 9.17) is 16.3 Å². The molecule has 34 heavy (non-hydrogen) atoms. The second kappa shape index (κ2) is 10.0. The highest BCUT2D eigenvalue weighted by Crippen LogP contribution is 2.29. The van der Waals surface area contributed by atoms with Gasteiger partial charge in [0.05, 0.1) is 23.6 Å². The van der Waals surface area contributed by atoms with E-state index in [0.717, 1.165) is 25.7 Å². The molecule has 11 heteroatoms. The molecule has 1 aromatic carbocycles. The molecule has 0 spiro atoms. The Bertz CT molecular complexity index is 1180. The molecule has 1 saturated heterocycles. The van der Waals surface area contributed by atoms with Crippen molar-refractivity contribution in [3.63, 3.8) is 0 Å². The van der Waals surface area contributed by atoms with Gasteiger partial charge in [0.2, 0.25) is 11.9 Å². The minimum absolute atomic E-state index is 0.0208. The van der Waals surface area contributed by atoms with Crippen LogP contribution in [0.25, 0.3) is 11.0 Å². The van der Waals surface area contributed by atoms with E-state index >= 15 is 0 Å². The highest BCUT2D eigenvalue weighted by Gasteiger charge is 2.30. The molecule has 1 amide bonds. The van der Waals surface area contributed by atoms with E-state index in [1.54, 1.807) is 12.3 Å². The molecule has 5 rings (SSSR count). The number of rotatable bonds is 5. The first-order valence-corrected chi connectivity index (χ1v) is 11.8. The third-order valence-electron chi connectivity index (χ3n) is 6.31. The number of hydrogen-bond donors (Lipinski definition) is 2. The van der Waals surface area contributed by atoms with Crippen LogP contribution in [0.2, 0.25) is 5.02 Å². The highest BCUT2D eigenvalue weighted by atomic mass is 35.5. The molecule has 0 atom stereocenters. The van der Waals surface area contributed by atoms with Crippen LogP contribution >= 0.6 is 11.6 Å². The van der Waals surface area contributed by atoms with E-state index in [1.807, 2.05) is 4.90 Å². The first-order chi connectivity index (χ1) is 16.6. The number of fused-ring (bicyclic) bond motifs is 1. The number of nitrogens with one attached hydrogen (secondary N) is 2. The summed E-state index contributed by atoms with van der Waals surface area (Å²) in [5.41, 5.74) is 1.08. The van der Waals surface area contributed by atoms with Crippen LogP contribution in [0.5, 0.6) is 0 Å². The van der Waals surface area contributed by atoms with Crippen LogP contribution in [0.1, 0.15) is 25.7 Å². The zero-order valence-corrected chi connectivity index (χ0v) is 19.3. The average Bonchev–Trinajstić information content (AvgIpc) is 2.87. The van der Waals surface area contributed by atoms with E-state index in [-0.39, 0.29) is 22.9 Å². The normalized spacial score (nSPS) is 20.8. The third kappa shape index (κ3) is 5.02. The van der Waals surface area contributed by atoms with Crippen LogP contribution in [0, 0.1) is 11.7 Å². The molecule has 2 aromatic heterocycles.